The molecule has 5 atom stereocenters. The Kier molecular flexibility index (Phi) is 6.58. The molecule has 2 N–H and O–H groups in total. The third kappa shape index (κ3) is 4.75. The molecule has 6 aliphatic rings. The summed E-state index contributed by atoms with van der Waals surface area (Å²) < 4.78 is 50.8. The molecule has 0 amide bonds. The predicted octanol–water partition coefficient (Wildman–Crippen LogP) is 4.85. The van der Waals surface area contributed by atoms with Crippen LogP contribution in [0.1, 0.15) is 31.2 Å². The molecule has 6 heterocycles. The van der Waals surface area contributed by atoms with E-state index in [0.29, 0.717) is 65.4 Å². The summed E-state index contributed by atoms with van der Waals surface area (Å²) in [6.07, 6.45) is 9.98. The van der Waals surface area contributed by atoms with Gasteiger partial charge in [-0.1, -0.05) is 12.0 Å². The van der Waals surface area contributed by atoms with Gasteiger partial charge in [0.25, 0.3) is 0 Å². The number of rotatable bonds is 6. The second kappa shape index (κ2) is 10.9. The van der Waals surface area contributed by atoms with Crippen molar-refractivity contribution in [2.75, 3.05) is 57.5 Å². The minimum Gasteiger partial charge on any atom is -0.508 e. The van der Waals surface area contributed by atoms with Crippen molar-refractivity contribution in [1.29, 1.82) is 0 Å². The minimum atomic E-state index is -0.640. The third-order valence-electron chi connectivity index (χ3n) is 11.9. The van der Waals surface area contributed by atoms with E-state index in [1.54, 1.807) is 6.07 Å². The van der Waals surface area contributed by atoms with Gasteiger partial charge in [-0.05, 0) is 60.9 Å². The fourth-order valence-electron chi connectivity index (χ4n) is 9.21. The summed E-state index contributed by atoms with van der Waals surface area (Å²) in [5.41, 5.74) is 0.432. The van der Waals surface area contributed by atoms with Crippen LogP contribution >= 0.6 is 0 Å². The number of aromatic hydroxyl groups is 1. The van der Waals surface area contributed by atoms with Crippen molar-refractivity contribution in [2.45, 2.75) is 43.8 Å². The molecule has 11 heteroatoms. The molecule has 1 aromatic heterocycles. The highest BCUT2D eigenvalue weighted by atomic mass is 19.1. The number of phenolic OH excluding ortho intramolecular Hbond substituents is 1. The largest absolute Gasteiger partial charge is 0.508 e. The highest BCUT2D eigenvalue weighted by Gasteiger charge is 2.48. The Bertz CT molecular complexity index is 2070. The van der Waals surface area contributed by atoms with Crippen LogP contribution in [0.5, 0.6) is 17.5 Å². The van der Waals surface area contributed by atoms with Crippen LogP contribution in [-0.4, -0.2) is 90.7 Å². The van der Waals surface area contributed by atoms with Crippen LogP contribution in [0.3, 0.4) is 0 Å². The van der Waals surface area contributed by atoms with Crippen molar-refractivity contribution in [1.82, 2.24) is 20.2 Å². The molecule has 10 rings (SSSR count). The molecule has 1 aliphatic carbocycles. The molecule has 49 heavy (non-hydrogen) atoms. The maximum Gasteiger partial charge on any atom is 0.319 e. The number of likely N-dealkylation sites (tertiary alicyclic amines) is 1. The summed E-state index contributed by atoms with van der Waals surface area (Å²) in [4.78, 5) is 14.5. The number of hydrogen-bond donors (Lipinski definition) is 2. The molecule has 2 unspecified atom stereocenters. The molecule has 9 nitrogen and oxygen atoms in total. The molecule has 4 saturated heterocycles. The second-order valence-corrected chi connectivity index (χ2v) is 15.1. The van der Waals surface area contributed by atoms with E-state index in [1.165, 1.54) is 24.3 Å². The fraction of sp³-hybridized carbons (Fsp3) is 0.474. The molecule has 252 valence electrons. The zero-order chi connectivity index (χ0) is 33.0. The van der Waals surface area contributed by atoms with Crippen LogP contribution in [0.15, 0.2) is 30.3 Å². The third-order valence-corrected chi connectivity index (χ3v) is 11.9. The summed E-state index contributed by atoms with van der Waals surface area (Å²) in [6, 6.07) is 7.94. The summed E-state index contributed by atoms with van der Waals surface area (Å²) in [5.74, 6) is 3.36. The number of anilines is 1. The van der Waals surface area contributed by atoms with Crippen LogP contribution < -0.4 is 19.7 Å². The van der Waals surface area contributed by atoms with Crippen molar-refractivity contribution in [3.8, 4) is 41.0 Å². The zero-order valence-electron chi connectivity index (χ0n) is 27.1. The molecule has 4 aromatic rings. The van der Waals surface area contributed by atoms with E-state index in [2.05, 4.69) is 21.0 Å². The first kappa shape index (κ1) is 29.7. The first-order valence-corrected chi connectivity index (χ1v) is 17.4. The fourth-order valence-corrected chi connectivity index (χ4v) is 9.21. The van der Waals surface area contributed by atoms with Gasteiger partial charge in [0.15, 0.2) is 5.82 Å². The van der Waals surface area contributed by atoms with Crippen LogP contribution in [0.25, 0.3) is 32.8 Å². The second-order valence-electron chi connectivity index (χ2n) is 15.1. The monoisotopic (exact) mass is 665 g/mol. The van der Waals surface area contributed by atoms with E-state index < -0.39 is 11.6 Å². The first-order chi connectivity index (χ1) is 23.9. The number of halogens is 2. The van der Waals surface area contributed by atoms with Gasteiger partial charge in [-0.15, -0.1) is 6.42 Å². The number of benzene rings is 3. The van der Waals surface area contributed by atoms with E-state index >= 15 is 8.78 Å². The lowest BCUT2D eigenvalue weighted by molar-refractivity contribution is 0.131. The molecular formula is C38H37F2N5O4. The number of aromatic nitrogens is 2. The standard InChI is InChI=1S/C38H37F2N5O4/c1-2-25-28(39)5-3-20-9-24(46)10-26(32(20)25)27-11-31-33-35(34(27)40)42-37(43-36(33)45-14-23-4-6-29(41-23)30(45)17-48-31)49-19-38(7-8-38)18-44-12-21-15-47-16-22(21)13-44/h1,3,5,9-11,21-23,29-30,41,46H,4,6-8,12-19H2/t21?,22?,23-,29+,30-/m1/s1. The summed E-state index contributed by atoms with van der Waals surface area (Å²) >= 11 is 0. The highest BCUT2D eigenvalue weighted by molar-refractivity contribution is 6.06. The van der Waals surface area contributed by atoms with Crippen molar-refractivity contribution in [2.24, 2.45) is 17.3 Å². The Morgan fingerprint density at radius 1 is 1.02 bits per heavy atom. The Morgan fingerprint density at radius 2 is 1.86 bits per heavy atom. The van der Waals surface area contributed by atoms with Gasteiger partial charge >= 0.3 is 6.01 Å². The number of nitrogens with one attached hydrogen (secondary N) is 1. The van der Waals surface area contributed by atoms with Gasteiger partial charge in [-0.3, -0.25) is 0 Å². The van der Waals surface area contributed by atoms with E-state index in [9.17, 15) is 5.11 Å². The molecule has 0 spiro atoms. The van der Waals surface area contributed by atoms with Gasteiger partial charge in [-0.2, -0.15) is 9.97 Å². The average molecular weight is 666 g/mol. The molecule has 0 radical (unpaired) electrons. The minimum absolute atomic E-state index is 0.00528. The van der Waals surface area contributed by atoms with Crippen LogP contribution in [0.4, 0.5) is 14.6 Å². The summed E-state index contributed by atoms with van der Waals surface area (Å²) in [6.45, 7) is 6.30. The van der Waals surface area contributed by atoms with E-state index in [0.717, 1.165) is 58.5 Å². The van der Waals surface area contributed by atoms with Crippen LogP contribution in [0, 0.1) is 41.2 Å². The van der Waals surface area contributed by atoms with Crippen molar-refractivity contribution in [3.05, 3.63) is 47.5 Å². The lowest BCUT2D eigenvalue weighted by Crippen LogP contribution is -2.60. The SMILES string of the molecule is C#Cc1c(F)ccc2cc(O)cc(-c3cc4c5c(nc(OCC6(CN7CC8COCC8C7)CC6)nc5c3F)N3C[C@H]5CC[C@H](N5)[C@H]3CO4)c12. The number of piperazine rings is 1. The normalized spacial score (nSPS) is 27.9. The quantitative estimate of drug-likeness (QED) is 0.281. The van der Waals surface area contributed by atoms with Gasteiger partial charge in [0.05, 0.1) is 36.8 Å². The maximum atomic E-state index is 17.2. The van der Waals surface area contributed by atoms with Gasteiger partial charge in [0, 0.05) is 66.5 Å². The Balaban J connectivity index is 1.09. The number of hydrogen-bond acceptors (Lipinski definition) is 9. The maximum absolute atomic E-state index is 17.2. The lowest BCUT2D eigenvalue weighted by Gasteiger charge is -2.40. The van der Waals surface area contributed by atoms with Gasteiger partial charge in [-0.25, -0.2) is 8.78 Å². The molecule has 2 bridgehead atoms. The van der Waals surface area contributed by atoms with E-state index in [4.69, 9.17) is 30.6 Å². The molecule has 1 saturated carbocycles. The summed E-state index contributed by atoms with van der Waals surface area (Å²) in [5, 5.41) is 15.7. The smallest absolute Gasteiger partial charge is 0.319 e. The molecule has 5 fully saturated rings. The van der Waals surface area contributed by atoms with E-state index in [-0.39, 0.29) is 51.5 Å². The molecule has 5 aliphatic heterocycles. The predicted molar refractivity (Wildman–Crippen MR) is 180 cm³/mol. The number of terminal acetylenes is 1. The Morgan fingerprint density at radius 3 is 2.65 bits per heavy atom. The number of fused-ring (bicyclic) bond motifs is 7. The average Bonchev–Trinajstić information content (AvgIpc) is 3.35. The number of nitrogens with zero attached hydrogens (tertiary/aromatic N) is 4. The van der Waals surface area contributed by atoms with E-state index in [1.807, 2.05) is 0 Å². The van der Waals surface area contributed by atoms with Crippen molar-refractivity contribution >= 4 is 27.5 Å². The Labute approximate surface area is 282 Å². The summed E-state index contributed by atoms with van der Waals surface area (Å²) in [7, 11) is 0. The van der Waals surface area contributed by atoms with Gasteiger partial charge in [0.2, 0.25) is 0 Å². The highest BCUT2D eigenvalue weighted by Crippen LogP contribution is 2.49. The first-order valence-electron chi connectivity index (χ1n) is 17.4. The zero-order valence-corrected chi connectivity index (χ0v) is 27.1. The Hall–Kier alpha value is -4.24. The number of phenols is 1. The molecular weight excluding hydrogens is 628 g/mol. The van der Waals surface area contributed by atoms with Crippen molar-refractivity contribution in [3.63, 3.8) is 0 Å². The van der Waals surface area contributed by atoms with Crippen LogP contribution in [0.2, 0.25) is 0 Å². The lowest BCUT2D eigenvalue weighted by atomic mass is 9.92. The van der Waals surface area contributed by atoms with Gasteiger partial charge < -0.3 is 34.4 Å². The van der Waals surface area contributed by atoms with Crippen molar-refractivity contribution < 1.29 is 28.1 Å². The molecule has 3 aromatic carbocycles. The topological polar surface area (TPSA) is 92.2 Å². The number of ether oxygens (including phenoxy) is 3. The van der Waals surface area contributed by atoms with Gasteiger partial charge in [0.1, 0.15) is 35.3 Å². The van der Waals surface area contributed by atoms with Crippen LogP contribution in [-0.2, 0) is 4.74 Å².